The molecule has 34 heavy (non-hydrogen) atoms. The van der Waals surface area contributed by atoms with Crippen LogP contribution < -0.4 is 10.6 Å². The number of ether oxygens (including phenoxy) is 3. The first-order valence-electron chi connectivity index (χ1n) is 10.8. The molecule has 0 spiro atoms. The Morgan fingerprint density at radius 3 is 1.82 bits per heavy atom. The standard InChI is InChI=1S/C24H35BrN2O7/c1-22(2,3)32-19(29)17(27-21(31)34-24(7,8)9)13-18(28)15-11-10-14(25)12-16(15)26-20(30)33-23(4,5)6/h10-12,17H,13H2,1-9H3,(H,26,30)(H,27,31)/t17-/m0/s1. The number of amides is 2. The molecule has 0 saturated carbocycles. The van der Waals surface area contributed by atoms with Gasteiger partial charge in [-0.25, -0.2) is 14.4 Å². The van der Waals surface area contributed by atoms with E-state index in [0.29, 0.717) is 4.47 Å². The molecule has 1 aromatic rings. The number of ketones is 1. The van der Waals surface area contributed by atoms with Crippen LogP contribution in [0, 0.1) is 0 Å². The quantitative estimate of drug-likeness (QED) is 0.272. The van der Waals surface area contributed by atoms with E-state index in [4.69, 9.17) is 14.2 Å². The molecule has 0 aromatic heterocycles. The van der Waals surface area contributed by atoms with Crippen LogP contribution in [-0.4, -0.2) is 46.8 Å². The van der Waals surface area contributed by atoms with Gasteiger partial charge in [-0.2, -0.15) is 0 Å². The highest BCUT2D eigenvalue weighted by atomic mass is 79.9. The maximum atomic E-state index is 13.2. The third-order valence-corrected chi connectivity index (χ3v) is 4.18. The Kier molecular flexibility index (Phi) is 9.69. The van der Waals surface area contributed by atoms with Gasteiger partial charge in [-0.3, -0.25) is 10.1 Å². The second-order valence-electron chi connectivity index (χ2n) is 10.7. The van der Waals surface area contributed by atoms with Gasteiger partial charge in [0, 0.05) is 16.5 Å². The van der Waals surface area contributed by atoms with Crippen molar-refractivity contribution in [2.75, 3.05) is 5.32 Å². The molecule has 2 N–H and O–H groups in total. The van der Waals surface area contributed by atoms with Crippen LogP contribution in [0.2, 0.25) is 0 Å². The molecule has 1 atom stereocenters. The number of carbonyl (C=O) groups excluding carboxylic acids is 4. The van der Waals surface area contributed by atoms with Crippen molar-refractivity contribution in [3.63, 3.8) is 0 Å². The molecule has 2 amide bonds. The average Bonchev–Trinajstić information content (AvgIpc) is 2.56. The highest BCUT2D eigenvalue weighted by Crippen LogP contribution is 2.25. The van der Waals surface area contributed by atoms with E-state index in [2.05, 4.69) is 26.6 Å². The molecule has 10 heteroatoms. The smallest absolute Gasteiger partial charge is 0.412 e. The fourth-order valence-electron chi connectivity index (χ4n) is 2.59. The number of rotatable bonds is 6. The van der Waals surface area contributed by atoms with E-state index >= 15 is 0 Å². The third kappa shape index (κ3) is 11.5. The van der Waals surface area contributed by atoms with Crippen LogP contribution in [0.4, 0.5) is 15.3 Å². The minimum absolute atomic E-state index is 0.133. The first-order chi connectivity index (χ1) is 15.3. The minimum atomic E-state index is -1.31. The first kappa shape index (κ1) is 29.4. The van der Waals surface area contributed by atoms with Crippen molar-refractivity contribution >= 4 is 45.6 Å². The monoisotopic (exact) mass is 542 g/mol. The molecule has 1 aromatic carbocycles. The Morgan fingerprint density at radius 2 is 1.32 bits per heavy atom. The molecule has 190 valence electrons. The number of alkyl carbamates (subject to hydrolysis) is 1. The van der Waals surface area contributed by atoms with Crippen molar-refractivity contribution in [3.05, 3.63) is 28.2 Å². The van der Waals surface area contributed by atoms with E-state index < -0.39 is 53.2 Å². The summed E-state index contributed by atoms with van der Waals surface area (Å²) in [6.45, 7) is 15.2. The number of Topliss-reactive ketones (excluding diaryl/α,β-unsaturated/α-hetero) is 1. The van der Waals surface area contributed by atoms with Gasteiger partial charge < -0.3 is 19.5 Å². The van der Waals surface area contributed by atoms with Crippen molar-refractivity contribution in [3.8, 4) is 0 Å². The van der Waals surface area contributed by atoms with Crippen molar-refractivity contribution in [2.24, 2.45) is 0 Å². The van der Waals surface area contributed by atoms with Crippen LogP contribution >= 0.6 is 15.9 Å². The molecule has 1 rings (SSSR count). The van der Waals surface area contributed by atoms with E-state index in [0.717, 1.165) is 0 Å². The summed E-state index contributed by atoms with van der Waals surface area (Å²) >= 11 is 3.31. The number of benzene rings is 1. The van der Waals surface area contributed by atoms with Crippen LogP contribution in [0.15, 0.2) is 22.7 Å². The Hall–Kier alpha value is -2.62. The SMILES string of the molecule is CC(C)(C)OC(=O)Nc1cc(Br)ccc1C(=O)C[C@H](NC(=O)OC(C)(C)C)C(=O)OC(C)(C)C. The van der Waals surface area contributed by atoms with Gasteiger partial charge in [0.15, 0.2) is 5.78 Å². The first-order valence-corrected chi connectivity index (χ1v) is 11.6. The molecule has 0 bridgehead atoms. The van der Waals surface area contributed by atoms with E-state index in [1.165, 1.54) is 6.07 Å². The van der Waals surface area contributed by atoms with Crippen molar-refractivity contribution < 1.29 is 33.4 Å². The molecule has 0 saturated heterocycles. The second-order valence-corrected chi connectivity index (χ2v) is 11.6. The molecule has 0 heterocycles. The second kappa shape index (κ2) is 11.2. The van der Waals surface area contributed by atoms with E-state index in [9.17, 15) is 19.2 Å². The highest BCUT2D eigenvalue weighted by Gasteiger charge is 2.31. The summed E-state index contributed by atoms with van der Waals surface area (Å²) in [6, 6.07) is 3.36. The number of hydrogen-bond acceptors (Lipinski definition) is 7. The fourth-order valence-corrected chi connectivity index (χ4v) is 2.95. The van der Waals surface area contributed by atoms with E-state index in [1.807, 2.05) is 0 Å². The molecular formula is C24H35BrN2O7. The zero-order valence-electron chi connectivity index (χ0n) is 21.3. The lowest BCUT2D eigenvalue weighted by Gasteiger charge is -2.26. The summed E-state index contributed by atoms with van der Waals surface area (Å²) in [4.78, 5) is 50.5. The molecule has 0 radical (unpaired) electrons. The maximum absolute atomic E-state index is 13.2. The van der Waals surface area contributed by atoms with E-state index in [-0.39, 0.29) is 11.3 Å². The molecule has 0 fully saturated rings. The van der Waals surface area contributed by atoms with Gasteiger partial charge in [-0.05, 0) is 80.5 Å². The lowest BCUT2D eigenvalue weighted by molar-refractivity contribution is -0.157. The Labute approximate surface area is 209 Å². The molecule has 0 unspecified atom stereocenters. The Morgan fingerprint density at radius 1 is 0.824 bits per heavy atom. The maximum Gasteiger partial charge on any atom is 0.412 e. The Bertz CT molecular complexity index is 925. The van der Waals surface area contributed by atoms with Crippen LogP contribution in [0.3, 0.4) is 0 Å². The lowest BCUT2D eigenvalue weighted by Crippen LogP contribution is -2.47. The summed E-state index contributed by atoms with van der Waals surface area (Å²) in [5, 5.41) is 4.98. The number of hydrogen-bond donors (Lipinski definition) is 2. The predicted molar refractivity (Wildman–Crippen MR) is 132 cm³/mol. The van der Waals surface area contributed by atoms with Gasteiger partial charge in [0.05, 0.1) is 5.69 Å². The minimum Gasteiger partial charge on any atom is -0.458 e. The van der Waals surface area contributed by atoms with Gasteiger partial charge in [-0.1, -0.05) is 15.9 Å². The summed E-state index contributed by atoms with van der Waals surface area (Å²) in [7, 11) is 0. The predicted octanol–water partition coefficient (Wildman–Crippen LogP) is 5.60. The molecule has 0 aliphatic heterocycles. The summed E-state index contributed by atoms with van der Waals surface area (Å²) in [6.07, 6.45) is -2.02. The van der Waals surface area contributed by atoms with E-state index in [1.54, 1.807) is 74.4 Å². The molecular weight excluding hydrogens is 508 g/mol. The summed E-state index contributed by atoms with van der Waals surface area (Å²) in [5.74, 6) is -1.30. The number of carbonyl (C=O) groups is 4. The summed E-state index contributed by atoms with van der Waals surface area (Å²) in [5.41, 5.74) is -2.06. The molecule has 0 aliphatic rings. The summed E-state index contributed by atoms with van der Waals surface area (Å²) < 4.78 is 16.5. The van der Waals surface area contributed by atoms with Crippen molar-refractivity contribution in [1.82, 2.24) is 5.32 Å². The lowest BCUT2D eigenvalue weighted by atomic mass is 10.0. The number of nitrogens with one attached hydrogen (secondary N) is 2. The molecule has 9 nitrogen and oxygen atoms in total. The van der Waals surface area contributed by atoms with Crippen molar-refractivity contribution in [1.29, 1.82) is 0 Å². The zero-order valence-corrected chi connectivity index (χ0v) is 22.8. The fraction of sp³-hybridized carbons (Fsp3) is 0.583. The van der Waals surface area contributed by atoms with Gasteiger partial charge in [0.25, 0.3) is 0 Å². The van der Waals surface area contributed by atoms with Gasteiger partial charge in [-0.15, -0.1) is 0 Å². The van der Waals surface area contributed by atoms with Gasteiger partial charge in [0.2, 0.25) is 0 Å². The highest BCUT2D eigenvalue weighted by molar-refractivity contribution is 9.10. The van der Waals surface area contributed by atoms with Crippen LogP contribution in [0.5, 0.6) is 0 Å². The van der Waals surface area contributed by atoms with Crippen LogP contribution in [-0.2, 0) is 19.0 Å². The average molecular weight is 543 g/mol. The Balaban J connectivity index is 3.18. The van der Waals surface area contributed by atoms with Gasteiger partial charge >= 0.3 is 18.2 Å². The largest absolute Gasteiger partial charge is 0.458 e. The normalized spacial score (nSPS) is 12.9. The topological polar surface area (TPSA) is 120 Å². The van der Waals surface area contributed by atoms with Crippen LogP contribution in [0.25, 0.3) is 0 Å². The third-order valence-electron chi connectivity index (χ3n) is 3.69. The molecule has 0 aliphatic carbocycles. The van der Waals surface area contributed by atoms with Gasteiger partial charge in [0.1, 0.15) is 22.8 Å². The zero-order chi connectivity index (χ0) is 26.5. The number of esters is 1. The number of halogens is 1. The van der Waals surface area contributed by atoms with Crippen LogP contribution in [0.1, 0.15) is 79.1 Å². The van der Waals surface area contributed by atoms with Crippen molar-refractivity contribution in [2.45, 2.75) is 91.6 Å². The number of anilines is 1.